The molecule has 4 rings (SSSR count). The molecule has 7 heteroatoms. The first-order chi connectivity index (χ1) is 14.7. The molecule has 2 saturated carbocycles. The van der Waals surface area contributed by atoms with E-state index in [-0.39, 0.29) is 24.0 Å². The van der Waals surface area contributed by atoms with E-state index in [1.54, 1.807) is 6.26 Å². The van der Waals surface area contributed by atoms with Crippen molar-refractivity contribution in [1.82, 2.24) is 15.5 Å². The lowest BCUT2D eigenvalue weighted by molar-refractivity contribution is 0.0532. The number of hydrogen-bond acceptors (Lipinski definition) is 4. The zero-order valence-corrected chi connectivity index (χ0v) is 21.6. The Bertz CT molecular complexity index is 659. The lowest BCUT2D eigenvalue weighted by Crippen LogP contribution is -2.52. The van der Waals surface area contributed by atoms with E-state index in [1.165, 1.54) is 25.7 Å². The largest absolute Gasteiger partial charge is 0.469 e. The summed E-state index contributed by atoms with van der Waals surface area (Å²) in [6.07, 6.45) is 10.8. The van der Waals surface area contributed by atoms with E-state index < -0.39 is 0 Å². The standard InChI is InChI=1S/C24H40N4O2.HI/c1-18(2)29-15-13-28-11-8-21(9-12-28)26-24(25-10-7-22-4-3-14-30-22)27-23-17-19-5-6-20(23)16-19;/h3-4,14,18-21,23H,5-13,15-17H2,1-2H3,(H2,25,26,27);1H. The van der Waals surface area contributed by atoms with Crippen LogP contribution in [-0.2, 0) is 11.2 Å². The maximum Gasteiger partial charge on any atom is 0.191 e. The lowest BCUT2D eigenvalue weighted by atomic mass is 9.95. The van der Waals surface area contributed by atoms with Gasteiger partial charge < -0.3 is 24.7 Å². The van der Waals surface area contributed by atoms with Crippen LogP contribution in [0.4, 0.5) is 0 Å². The van der Waals surface area contributed by atoms with Gasteiger partial charge in [-0.1, -0.05) is 6.42 Å². The fraction of sp³-hybridized carbons (Fsp3) is 0.792. The van der Waals surface area contributed by atoms with Crippen LogP contribution in [0.5, 0.6) is 0 Å². The molecule has 3 unspecified atom stereocenters. The van der Waals surface area contributed by atoms with Gasteiger partial charge in [-0.15, -0.1) is 24.0 Å². The van der Waals surface area contributed by atoms with Gasteiger partial charge in [-0.2, -0.15) is 0 Å². The molecule has 176 valence electrons. The van der Waals surface area contributed by atoms with Gasteiger partial charge in [0.15, 0.2) is 5.96 Å². The molecule has 1 aromatic heterocycles. The highest BCUT2D eigenvalue weighted by atomic mass is 127. The maximum absolute atomic E-state index is 5.72. The van der Waals surface area contributed by atoms with Gasteiger partial charge in [0.2, 0.25) is 0 Å². The van der Waals surface area contributed by atoms with Gasteiger partial charge in [0, 0.05) is 44.7 Å². The molecule has 1 aliphatic heterocycles. The number of furan rings is 1. The number of rotatable bonds is 9. The minimum Gasteiger partial charge on any atom is -0.469 e. The molecule has 3 atom stereocenters. The van der Waals surface area contributed by atoms with Crippen molar-refractivity contribution in [3.05, 3.63) is 24.2 Å². The molecule has 2 heterocycles. The number of guanidine groups is 1. The first-order valence-electron chi connectivity index (χ1n) is 12.1. The predicted octanol–water partition coefficient (Wildman–Crippen LogP) is 4.05. The predicted molar refractivity (Wildman–Crippen MR) is 136 cm³/mol. The number of nitrogens with one attached hydrogen (secondary N) is 2. The second kappa shape index (κ2) is 12.4. The quantitative estimate of drug-likeness (QED) is 0.279. The van der Waals surface area contributed by atoms with E-state index in [0.29, 0.717) is 18.2 Å². The molecule has 3 fully saturated rings. The van der Waals surface area contributed by atoms with Crippen molar-refractivity contribution < 1.29 is 9.15 Å². The summed E-state index contributed by atoms with van der Waals surface area (Å²) in [5.74, 6) is 3.80. The molecular weight excluding hydrogens is 503 g/mol. The van der Waals surface area contributed by atoms with E-state index in [2.05, 4.69) is 29.4 Å². The Hall–Kier alpha value is -0.800. The van der Waals surface area contributed by atoms with Crippen LogP contribution in [0.2, 0.25) is 0 Å². The van der Waals surface area contributed by atoms with Gasteiger partial charge in [-0.25, -0.2) is 0 Å². The van der Waals surface area contributed by atoms with Crippen molar-refractivity contribution in [1.29, 1.82) is 0 Å². The molecule has 6 nitrogen and oxygen atoms in total. The van der Waals surface area contributed by atoms with Gasteiger partial charge in [-0.05, 0) is 69.9 Å². The Morgan fingerprint density at radius 2 is 2.03 bits per heavy atom. The van der Waals surface area contributed by atoms with Crippen LogP contribution >= 0.6 is 24.0 Å². The first-order valence-corrected chi connectivity index (χ1v) is 12.1. The summed E-state index contributed by atoms with van der Waals surface area (Å²) in [7, 11) is 0. The number of nitrogens with zero attached hydrogens (tertiary/aromatic N) is 2. The van der Waals surface area contributed by atoms with Crippen molar-refractivity contribution >= 4 is 29.9 Å². The molecule has 0 radical (unpaired) electrons. The van der Waals surface area contributed by atoms with Crippen molar-refractivity contribution in [2.45, 2.75) is 77.0 Å². The maximum atomic E-state index is 5.72. The van der Waals surface area contributed by atoms with Gasteiger partial charge in [-0.3, -0.25) is 4.99 Å². The molecule has 0 spiro atoms. The van der Waals surface area contributed by atoms with E-state index in [4.69, 9.17) is 14.1 Å². The second-order valence-electron chi connectivity index (χ2n) is 9.67. The number of hydrogen-bond donors (Lipinski definition) is 2. The monoisotopic (exact) mass is 544 g/mol. The van der Waals surface area contributed by atoms with Crippen molar-refractivity contribution in [2.24, 2.45) is 16.8 Å². The molecule has 1 aromatic rings. The molecule has 31 heavy (non-hydrogen) atoms. The van der Waals surface area contributed by atoms with Crippen LogP contribution < -0.4 is 10.6 Å². The van der Waals surface area contributed by atoms with Crippen LogP contribution in [0.15, 0.2) is 27.8 Å². The third kappa shape index (κ3) is 7.63. The molecular formula is C24H41IN4O2. The van der Waals surface area contributed by atoms with E-state index in [9.17, 15) is 0 Å². The van der Waals surface area contributed by atoms with Gasteiger partial charge in [0.1, 0.15) is 5.76 Å². The Kier molecular flexibility index (Phi) is 9.97. The van der Waals surface area contributed by atoms with E-state index in [1.807, 2.05) is 12.1 Å². The molecule has 1 saturated heterocycles. The van der Waals surface area contributed by atoms with Gasteiger partial charge in [0.25, 0.3) is 0 Å². The molecule has 0 amide bonds. The SMILES string of the molecule is CC(C)OCCN1CCC(NC(=NCCc2ccco2)NC2CC3CCC2C3)CC1.I. The van der Waals surface area contributed by atoms with Crippen molar-refractivity contribution in [2.75, 3.05) is 32.8 Å². The average Bonchev–Trinajstić information content (AvgIpc) is 3.47. The first kappa shape index (κ1) is 24.8. The summed E-state index contributed by atoms with van der Waals surface area (Å²) in [6, 6.07) is 5.09. The average molecular weight is 545 g/mol. The lowest BCUT2D eigenvalue weighted by Gasteiger charge is -2.34. The fourth-order valence-corrected chi connectivity index (χ4v) is 5.37. The summed E-state index contributed by atoms with van der Waals surface area (Å²) in [5, 5.41) is 7.58. The zero-order chi connectivity index (χ0) is 20.8. The summed E-state index contributed by atoms with van der Waals surface area (Å²) in [5.41, 5.74) is 0. The second-order valence-corrected chi connectivity index (χ2v) is 9.67. The van der Waals surface area contributed by atoms with Crippen molar-refractivity contribution in [3.63, 3.8) is 0 Å². The highest BCUT2D eigenvalue weighted by Gasteiger charge is 2.40. The normalized spacial score (nSPS) is 26.9. The van der Waals surface area contributed by atoms with Crippen LogP contribution in [0, 0.1) is 11.8 Å². The number of fused-ring (bicyclic) bond motifs is 2. The van der Waals surface area contributed by atoms with Crippen LogP contribution in [0.3, 0.4) is 0 Å². The van der Waals surface area contributed by atoms with Crippen LogP contribution in [0.25, 0.3) is 0 Å². The third-order valence-corrected chi connectivity index (χ3v) is 7.06. The Morgan fingerprint density at radius 3 is 2.68 bits per heavy atom. The van der Waals surface area contributed by atoms with Crippen LogP contribution in [-0.4, -0.2) is 61.8 Å². The number of likely N-dealkylation sites (tertiary alicyclic amines) is 1. The van der Waals surface area contributed by atoms with Crippen molar-refractivity contribution in [3.8, 4) is 0 Å². The molecule has 0 aromatic carbocycles. The number of ether oxygens (including phenoxy) is 1. The topological polar surface area (TPSA) is 62.0 Å². The summed E-state index contributed by atoms with van der Waals surface area (Å²) in [6.45, 7) is 9.10. The molecule has 3 aliphatic rings. The zero-order valence-electron chi connectivity index (χ0n) is 19.2. The Labute approximate surface area is 205 Å². The third-order valence-electron chi connectivity index (χ3n) is 7.06. The molecule has 2 bridgehead atoms. The smallest absolute Gasteiger partial charge is 0.191 e. The fourth-order valence-electron chi connectivity index (χ4n) is 5.37. The highest BCUT2D eigenvalue weighted by molar-refractivity contribution is 14.0. The van der Waals surface area contributed by atoms with E-state index >= 15 is 0 Å². The van der Waals surface area contributed by atoms with Gasteiger partial charge in [0.05, 0.1) is 19.0 Å². The highest BCUT2D eigenvalue weighted by Crippen LogP contribution is 2.44. The molecule has 2 N–H and O–H groups in total. The van der Waals surface area contributed by atoms with Gasteiger partial charge >= 0.3 is 0 Å². The Morgan fingerprint density at radius 1 is 1.19 bits per heavy atom. The number of halogens is 1. The molecule has 2 aliphatic carbocycles. The Balaban J connectivity index is 0.00000272. The number of aliphatic imine (C=N–C) groups is 1. The minimum atomic E-state index is 0. The number of piperidine rings is 1. The summed E-state index contributed by atoms with van der Waals surface area (Å²) >= 11 is 0. The van der Waals surface area contributed by atoms with E-state index in [0.717, 1.165) is 75.6 Å². The van der Waals surface area contributed by atoms with Crippen LogP contribution in [0.1, 0.15) is 58.1 Å². The summed E-state index contributed by atoms with van der Waals surface area (Å²) < 4.78 is 11.2. The minimum absolute atomic E-state index is 0. The summed E-state index contributed by atoms with van der Waals surface area (Å²) in [4.78, 5) is 7.45.